The Labute approximate surface area is 127 Å². The van der Waals surface area contributed by atoms with Gasteiger partial charge in [0.15, 0.2) is 5.96 Å². The van der Waals surface area contributed by atoms with E-state index in [0.717, 1.165) is 0 Å². The minimum Gasteiger partial charge on any atom is -0.399 e. The van der Waals surface area contributed by atoms with Crippen LogP contribution in [0.2, 0.25) is 10.0 Å². The molecule has 1 aromatic carbocycles. The molecular weight excluding hydrogens is 322 g/mol. The number of halogens is 4. The maximum Gasteiger partial charge on any atom is 0.231 e. The van der Waals surface area contributed by atoms with Crippen molar-refractivity contribution in [1.29, 1.82) is 5.41 Å². The molecule has 0 unspecified atom stereocenters. The zero-order valence-corrected chi connectivity index (χ0v) is 12.1. The van der Waals surface area contributed by atoms with E-state index in [0.29, 0.717) is 21.3 Å². The SMILES string of the molecule is Cl.Cl.N=C(N)NC(=O)Cc1c(Cl)cc(N)cc1Cl. The van der Waals surface area contributed by atoms with Crippen molar-refractivity contribution in [3.63, 3.8) is 0 Å². The summed E-state index contributed by atoms with van der Waals surface area (Å²) >= 11 is 11.8. The van der Waals surface area contributed by atoms with Crippen LogP contribution < -0.4 is 16.8 Å². The Bertz CT molecular complexity index is 429. The molecule has 1 rings (SSSR count). The lowest BCUT2D eigenvalue weighted by atomic mass is 10.1. The number of carbonyl (C=O) groups excluding carboxylic acids is 1. The summed E-state index contributed by atoms with van der Waals surface area (Å²) in [5.41, 5.74) is 11.4. The van der Waals surface area contributed by atoms with Crippen LogP contribution in [0, 0.1) is 5.41 Å². The van der Waals surface area contributed by atoms with Gasteiger partial charge in [0.25, 0.3) is 0 Å². The maximum absolute atomic E-state index is 11.3. The van der Waals surface area contributed by atoms with Gasteiger partial charge in [0.1, 0.15) is 0 Å². The lowest BCUT2D eigenvalue weighted by molar-refractivity contribution is -0.119. The van der Waals surface area contributed by atoms with Gasteiger partial charge in [0, 0.05) is 15.7 Å². The van der Waals surface area contributed by atoms with E-state index in [1.165, 1.54) is 12.1 Å². The van der Waals surface area contributed by atoms with Crippen molar-refractivity contribution in [3.8, 4) is 0 Å². The third-order valence-corrected chi connectivity index (χ3v) is 2.45. The quantitative estimate of drug-likeness (QED) is 0.377. The summed E-state index contributed by atoms with van der Waals surface area (Å²) in [6.45, 7) is 0. The van der Waals surface area contributed by atoms with Crippen molar-refractivity contribution in [2.75, 3.05) is 5.73 Å². The van der Waals surface area contributed by atoms with E-state index in [2.05, 4.69) is 5.32 Å². The topological polar surface area (TPSA) is 105 Å². The van der Waals surface area contributed by atoms with Crippen LogP contribution in [0.25, 0.3) is 0 Å². The van der Waals surface area contributed by atoms with Gasteiger partial charge in [-0.15, -0.1) is 24.8 Å². The Morgan fingerprint density at radius 2 is 1.72 bits per heavy atom. The largest absolute Gasteiger partial charge is 0.399 e. The molecule has 1 amide bonds. The smallest absolute Gasteiger partial charge is 0.231 e. The molecule has 0 aromatic heterocycles. The first-order valence-electron chi connectivity index (χ1n) is 4.27. The minimum atomic E-state index is -0.457. The Morgan fingerprint density at radius 3 is 2.11 bits per heavy atom. The van der Waals surface area contributed by atoms with Crippen molar-refractivity contribution >= 4 is 65.6 Å². The second-order valence-corrected chi connectivity index (χ2v) is 3.92. The first-order valence-corrected chi connectivity index (χ1v) is 5.03. The summed E-state index contributed by atoms with van der Waals surface area (Å²) < 4.78 is 0. The van der Waals surface area contributed by atoms with E-state index >= 15 is 0 Å². The van der Waals surface area contributed by atoms with Crippen LogP contribution in [0.4, 0.5) is 5.69 Å². The fourth-order valence-corrected chi connectivity index (χ4v) is 1.78. The van der Waals surface area contributed by atoms with Crippen molar-refractivity contribution in [1.82, 2.24) is 5.32 Å². The lowest BCUT2D eigenvalue weighted by Crippen LogP contribution is -2.36. The van der Waals surface area contributed by atoms with Gasteiger partial charge in [-0.2, -0.15) is 0 Å². The minimum absolute atomic E-state index is 0. The van der Waals surface area contributed by atoms with Crippen molar-refractivity contribution < 1.29 is 4.79 Å². The third kappa shape index (κ3) is 5.64. The van der Waals surface area contributed by atoms with Gasteiger partial charge in [0.2, 0.25) is 5.91 Å². The van der Waals surface area contributed by atoms with Crippen LogP contribution in [-0.4, -0.2) is 11.9 Å². The number of rotatable bonds is 2. The number of anilines is 1. The zero-order chi connectivity index (χ0) is 12.3. The monoisotopic (exact) mass is 332 g/mol. The number of hydrogen-bond donors (Lipinski definition) is 4. The molecule has 0 bridgehead atoms. The van der Waals surface area contributed by atoms with E-state index in [1.54, 1.807) is 0 Å². The zero-order valence-electron chi connectivity index (χ0n) is 9.00. The fraction of sp³-hybridized carbons (Fsp3) is 0.111. The number of guanidine groups is 1. The Morgan fingerprint density at radius 1 is 1.28 bits per heavy atom. The van der Waals surface area contributed by atoms with E-state index in [4.69, 9.17) is 40.1 Å². The highest BCUT2D eigenvalue weighted by Crippen LogP contribution is 2.28. The van der Waals surface area contributed by atoms with Crippen molar-refractivity contribution in [2.24, 2.45) is 5.73 Å². The highest BCUT2D eigenvalue weighted by Gasteiger charge is 2.12. The van der Waals surface area contributed by atoms with Gasteiger partial charge in [-0.05, 0) is 17.7 Å². The van der Waals surface area contributed by atoms with Crippen LogP contribution in [0.15, 0.2) is 12.1 Å². The highest BCUT2D eigenvalue weighted by molar-refractivity contribution is 6.36. The van der Waals surface area contributed by atoms with Crippen molar-refractivity contribution in [3.05, 3.63) is 27.7 Å². The Hall–Kier alpha value is -0.880. The first-order chi connectivity index (χ1) is 7.40. The molecule has 0 heterocycles. The molecule has 6 N–H and O–H groups in total. The molecule has 0 aliphatic heterocycles. The Kier molecular flexibility index (Phi) is 8.93. The average molecular weight is 334 g/mol. The van der Waals surface area contributed by atoms with Gasteiger partial charge >= 0.3 is 0 Å². The molecule has 0 aliphatic carbocycles. The van der Waals surface area contributed by atoms with Gasteiger partial charge in [-0.25, -0.2) is 0 Å². The molecule has 0 aliphatic rings. The average Bonchev–Trinajstić information content (AvgIpc) is 2.09. The number of carbonyl (C=O) groups is 1. The molecule has 9 heteroatoms. The van der Waals surface area contributed by atoms with Crippen LogP contribution in [0.5, 0.6) is 0 Å². The van der Waals surface area contributed by atoms with Gasteiger partial charge < -0.3 is 11.5 Å². The van der Waals surface area contributed by atoms with E-state index < -0.39 is 11.9 Å². The van der Waals surface area contributed by atoms with Crippen LogP contribution in [-0.2, 0) is 11.2 Å². The Balaban J connectivity index is 0. The second-order valence-electron chi connectivity index (χ2n) is 3.10. The first kappa shape index (κ1) is 19.5. The van der Waals surface area contributed by atoms with Gasteiger partial charge in [-0.3, -0.25) is 15.5 Å². The summed E-state index contributed by atoms with van der Waals surface area (Å²) in [6.07, 6.45) is -0.0580. The molecule has 102 valence electrons. The molecule has 0 saturated heterocycles. The van der Waals surface area contributed by atoms with Gasteiger partial charge in [-0.1, -0.05) is 23.2 Å². The standard InChI is InChI=1S/C9H10Cl2N4O.2ClH/c10-6-1-4(12)2-7(11)5(6)3-8(16)15-9(13)14;;/h1-2H,3,12H2,(H4,13,14,15,16);2*1H. The predicted molar refractivity (Wildman–Crippen MR) is 79.1 cm³/mol. The number of amides is 1. The second kappa shape index (κ2) is 8.26. The summed E-state index contributed by atoms with van der Waals surface area (Å²) in [4.78, 5) is 11.3. The van der Waals surface area contributed by atoms with Gasteiger partial charge in [0.05, 0.1) is 6.42 Å². The summed E-state index contributed by atoms with van der Waals surface area (Å²) in [5.74, 6) is -0.881. The van der Waals surface area contributed by atoms with Crippen LogP contribution in [0.3, 0.4) is 0 Å². The maximum atomic E-state index is 11.3. The van der Waals surface area contributed by atoms with Crippen molar-refractivity contribution in [2.45, 2.75) is 6.42 Å². The number of hydrogen-bond acceptors (Lipinski definition) is 3. The summed E-state index contributed by atoms with van der Waals surface area (Å²) in [5, 5.41) is 9.64. The molecule has 0 radical (unpaired) electrons. The molecule has 1 aromatic rings. The van der Waals surface area contributed by atoms with Crippen LogP contribution >= 0.6 is 48.0 Å². The molecular formula is C9H12Cl4N4O. The number of benzene rings is 1. The summed E-state index contributed by atoms with van der Waals surface area (Å²) in [7, 11) is 0. The summed E-state index contributed by atoms with van der Waals surface area (Å²) in [6, 6.07) is 3.01. The molecule has 18 heavy (non-hydrogen) atoms. The third-order valence-electron chi connectivity index (χ3n) is 1.77. The van der Waals surface area contributed by atoms with E-state index in [1.807, 2.05) is 0 Å². The predicted octanol–water partition coefficient (Wildman–Crippen LogP) is 1.97. The number of nitrogens with one attached hydrogen (secondary N) is 2. The normalized spacial score (nSPS) is 8.78. The molecule has 0 spiro atoms. The molecule has 5 nitrogen and oxygen atoms in total. The fourth-order valence-electron chi connectivity index (χ4n) is 1.15. The number of nitrogens with two attached hydrogens (primary N) is 2. The highest BCUT2D eigenvalue weighted by atomic mass is 35.5. The number of nitrogen functional groups attached to an aromatic ring is 1. The lowest BCUT2D eigenvalue weighted by Gasteiger charge is -2.08. The molecule has 0 atom stereocenters. The van der Waals surface area contributed by atoms with Crippen LogP contribution in [0.1, 0.15) is 5.56 Å². The molecule has 0 fully saturated rings. The van der Waals surface area contributed by atoms with E-state index in [-0.39, 0.29) is 31.2 Å². The molecule has 0 saturated carbocycles. The van der Waals surface area contributed by atoms with E-state index in [9.17, 15) is 4.79 Å².